The van der Waals surface area contributed by atoms with Crippen molar-refractivity contribution in [3.8, 4) is 0 Å². The normalized spacial score (nSPS) is 9.78. The molecular formula is C4H8O5. The summed E-state index contributed by atoms with van der Waals surface area (Å²) in [5, 5.41) is 24.0. The topological polar surface area (TPSA) is 87.0 Å². The molecule has 0 aliphatic carbocycles. The lowest BCUT2D eigenvalue weighted by Gasteiger charge is -1.98. The summed E-state index contributed by atoms with van der Waals surface area (Å²) in [6, 6.07) is 0. The zero-order valence-electron chi connectivity index (χ0n) is 4.65. The Morgan fingerprint density at radius 1 is 1.56 bits per heavy atom. The van der Waals surface area contributed by atoms with E-state index in [0.29, 0.717) is 0 Å². The number of rotatable bonds is 3. The molecule has 0 heterocycles. The van der Waals surface area contributed by atoms with Crippen LogP contribution in [0.4, 0.5) is 0 Å². The van der Waals surface area contributed by atoms with Crippen LogP contribution in [0.2, 0.25) is 0 Å². The van der Waals surface area contributed by atoms with Gasteiger partial charge in [0.05, 0.1) is 6.42 Å². The standard InChI is InChI=1S/C4H8O5/c5-3(6)1-2-4(7)9-8/h3,5-6,8H,1-2H2. The van der Waals surface area contributed by atoms with Gasteiger partial charge in [-0.1, -0.05) is 0 Å². The first kappa shape index (κ1) is 8.35. The van der Waals surface area contributed by atoms with Crippen LogP contribution in [0.1, 0.15) is 12.8 Å². The summed E-state index contributed by atoms with van der Waals surface area (Å²) < 4.78 is 0. The van der Waals surface area contributed by atoms with Crippen molar-refractivity contribution in [2.75, 3.05) is 0 Å². The molecule has 0 aromatic rings. The predicted octanol–water partition coefficient (Wildman–Crippen LogP) is -0.907. The minimum Gasteiger partial charge on any atom is -0.368 e. The molecule has 0 saturated carbocycles. The summed E-state index contributed by atoms with van der Waals surface area (Å²) in [6.07, 6.45) is -1.85. The van der Waals surface area contributed by atoms with Crippen LogP contribution < -0.4 is 0 Å². The predicted molar refractivity (Wildman–Crippen MR) is 26.2 cm³/mol. The monoisotopic (exact) mass is 136 g/mol. The molecule has 0 aromatic heterocycles. The van der Waals surface area contributed by atoms with Crippen molar-refractivity contribution >= 4 is 5.97 Å². The number of aliphatic hydroxyl groups is 2. The number of hydrogen-bond donors (Lipinski definition) is 3. The number of carbonyl (C=O) groups excluding carboxylic acids is 1. The van der Waals surface area contributed by atoms with E-state index >= 15 is 0 Å². The van der Waals surface area contributed by atoms with Gasteiger partial charge in [-0.2, -0.15) is 5.26 Å². The molecule has 0 saturated heterocycles. The first-order valence-electron chi connectivity index (χ1n) is 2.37. The fourth-order valence-corrected chi connectivity index (χ4v) is 0.293. The quantitative estimate of drug-likeness (QED) is 0.265. The van der Waals surface area contributed by atoms with Gasteiger partial charge in [0.1, 0.15) is 0 Å². The van der Waals surface area contributed by atoms with Crippen molar-refractivity contribution in [2.45, 2.75) is 19.1 Å². The third-order valence-corrected chi connectivity index (χ3v) is 0.708. The zero-order chi connectivity index (χ0) is 7.28. The second kappa shape index (κ2) is 4.25. The largest absolute Gasteiger partial charge is 0.368 e. The second-order valence-electron chi connectivity index (χ2n) is 1.48. The van der Waals surface area contributed by atoms with Crippen LogP contribution in [0.15, 0.2) is 0 Å². The molecule has 54 valence electrons. The lowest BCUT2D eigenvalue weighted by Crippen LogP contribution is -2.09. The maximum atomic E-state index is 10.0. The molecule has 9 heavy (non-hydrogen) atoms. The SMILES string of the molecule is O=C(CCC(O)O)OO. The number of carbonyl (C=O) groups is 1. The average molecular weight is 136 g/mol. The van der Waals surface area contributed by atoms with E-state index in [1.807, 2.05) is 0 Å². The van der Waals surface area contributed by atoms with E-state index in [4.69, 9.17) is 15.5 Å². The van der Waals surface area contributed by atoms with E-state index in [0.717, 1.165) is 0 Å². The molecule has 0 aliphatic rings. The molecule has 5 nitrogen and oxygen atoms in total. The molecule has 0 aliphatic heterocycles. The van der Waals surface area contributed by atoms with Crippen molar-refractivity contribution in [2.24, 2.45) is 0 Å². The molecule has 0 rings (SSSR count). The molecule has 0 bridgehead atoms. The van der Waals surface area contributed by atoms with Gasteiger partial charge in [-0.15, -0.1) is 0 Å². The molecule has 0 unspecified atom stereocenters. The van der Waals surface area contributed by atoms with Gasteiger partial charge < -0.3 is 15.1 Å². The van der Waals surface area contributed by atoms with Crippen LogP contribution in [0.25, 0.3) is 0 Å². The summed E-state index contributed by atoms with van der Waals surface area (Å²) in [5.74, 6) is -0.872. The van der Waals surface area contributed by atoms with Gasteiger partial charge in [-0.25, -0.2) is 4.79 Å². The molecule has 0 fully saturated rings. The van der Waals surface area contributed by atoms with E-state index < -0.39 is 12.3 Å². The number of aliphatic hydroxyl groups excluding tert-OH is 1. The Morgan fingerprint density at radius 2 is 2.11 bits per heavy atom. The molecule has 0 amide bonds. The first-order valence-corrected chi connectivity index (χ1v) is 2.37. The van der Waals surface area contributed by atoms with Crippen LogP contribution in [0.5, 0.6) is 0 Å². The average Bonchev–Trinajstić information content (AvgIpc) is 1.83. The summed E-state index contributed by atoms with van der Waals surface area (Å²) in [6.45, 7) is 0. The fourth-order valence-electron chi connectivity index (χ4n) is 0.293. The van der Waals surface area contributed by atoms with E-state index in [-0.39, 0.29) is 12.8 Å². The van der Waals surface area contributed by atoms with Crippen molar-refractivity contribution in [1.29, 1.82) is 0 Å². The van der Waals surface area contributed by atoms with Gasteiger partial charge in [0.2, 0.25) is 0 Å². The Balaban J connectivity index is 3.17. The highest BCUT2D eigenvalue weighted by molar-refractivity contribution is 5.68. The van der Waals surface area contributed by atoms with Crippen LogP contribution in [-0.4, -0.2) is 27.7 Å². The minimum absolute atomic E-state index is 0.126. The van der Waals surface area contributed by atoms with E-state index in [1.165, 1.54) is 0 Å². The third-order valence-electron chi connectivity index (χ3n) is 0.708. The first-order chi connectivity index (χ1) is 4.16. The molecular weight excluding hydrogens is 128 g/mol. The molecule has 5 heteroatoms. The van der Waals surface area contributed by atoms with Gasteiger partial charge >= 0.3 is 5.97 Å². The molecule has 0 aromatic carbocycles. The van der Waals surface area contributed by atoms with Gasteiger partial charge in [-0.05, 0) is 0 Å². The Hall–Kier alpha value is -0.650. The maximum absolute atomic E-state index is 10.0. The van der Waals surface area contributed by atoms with Crippen molar-refractivity contribution in [1.82, 2.24) is 0 Å². The van der Waals surface area contributed by atoms with E-state index in [9.17, 15) is 4.79 Å². The molecule has 0 atom stereocenters. The van der Waals surface area contributed by atoms with Crippen molar-refractivity contribution in [3.05, 3.63) is 0 Å². The van der Waals surface area contributed by atoms with Crippen molar-refractivity contribution in [3.63, 3.8) is 0 Å². The Labute approximate surface area is 51.4 Å². The van der Waals surface area contributed by atoms with E-state index in [1.54, 1.807) is 0 Å². The summed E-state index contributed by atoms with van der Waals surface area (Å²) in [4.78, 5) is 13.3. The van der Waals surface area contributed by atoms with Crippen LogP contribution in [0, 0.1) is 0 Å². The highest BCUT2D eigenvalue weighted by Gasteiger charge is 2.04. The molecule has 0 radical (unpaired) electrons. The van der Waals surface area contributed by atoms with Gasteiger partial charge in [0.15, 0.2) is 6.29 Å². The van der Waals surface area contributed by atoms with Crippen LogP contribution in [-0.2, 0) is 9.68 Å². The van der Waals surface area contributed by atoms with Crippen LogP contribution in [0.3, 0.4) is 0 Å². The second-order valence-corrected chi connectivity index (χ2v) is 1.48. The van der Waals surface area contributed by atoms with Gasteiger partial charge in [0, 0.05) is 6.42 Å². The number of hydrogen-bond acceptors (Lipinski definition) is 5. The molecule has 3 N–H and O–H groups in total. The zero-order valence-corrected chi connectivity index (χ0v) is 4.65. The lowest BCUT2D eigenvalue weighted by molar-refractivity contribution is -0.235. The Morgan fingerprint density at radius 3 is 2.44 bits per heavy atom. The van der Waals surface area contributed by atoms with Gasteiger partial charge in [-0.3, -0.25) is 0 Å². The minimum atomic E-state index is -1.52. The van der Waals surface area contributed by atoms with Crippen molar-refractivity contribution < 1.29 is 25.2 Å². The van der Waals surface area contributed by atoms with E-state index in [2.05, 4.69) is 4.89 Å². The highest BCUT2D eigenvalue weighted by atomic mass is 17.1. The highest BCUT2D eigenvalue weighted by Crippen LogP contribution is 1.93. The summed E-state index contributed by atoms with van der Waals surface area (Å²) in [7, 11) is 0. The van der Waals surface area contributed by atoms with Gasteiger partial charge in [0.25, 0.3) is 0 Å². The fraction of sp³-hybridized carbons (Fsp3) is 0.750. The Bertz CT molecular complexity index is 89.0. The van der Waals surface area contributed by atoms with Crippen LogP contribution >= 0.6 is 0 Å². The third kappa shape index (κ3) is 5.22. The smallest absolute Gasteiger partial charge is 0.342 e. The maximum Gasteiger partial charge on any atom is 0.342 e. The summed E-state index contributed by atoms with van der Waals surface area (Å²) >= 11 is 0. The lowest BCUT2D eigenvalue weighted by atomic mass is 10.3. The summed E-state index contributed by atoms with van der Waals surface area (Å²) in [5.41, 5.74) is 0. The Kier molecular flexibility index (Phi) is 3.94. The molecule has 0 spiro atoms.